The van der Waals surface area contributed by atoms with E-state index in [1.54, 1.807) is 0 Å². The fourth-order valence-corrected chi connectivity index (χ4v) is 1.41. The standard InChI is InChI=1S/C9H12Se.ClH.Mg/c1-6-4-7(2)9(10)8(3)5-6;;/h4-5,10H,1-3H3;1H;/q;;+2/p-2. The van der Waals surface area contributed by atoms with Crippen LogP contribution >= 0.6 is 0 Å². The minimum Gasteiger partial charge on any atom is -1.00 e. The van der Waals surface area contributed by atoms with Gasteiger partial charge in [0, 0.05) is 0 Å². The summed E-state index contributed by atoms with van der Waals surface area (Å²) in [6, 6.07) is 4.39. The van der Waals surface area contributed by atoms with Crippen molar-refractivity contribution in [2.75, 3.05) is 0 Å². The Morgan fingerprint density at radius 2 is 1.33 bits per heavy atom. The van der Waals surface area contributed by atoms with Crippen molar-refractivity contribution < 1.29 is 12.4 Å². The number of benzene rings is 1. The molecule has 1 aromatic rings. The molecule has 0 heterocycles. The van der Waals surface area contributed by atoms with Crippen molar-refractivity contribution in [1.29, 1.82) is 0 Å². The largest absolute Gasteiger partial charge is 2.00 e. The van der Waals surface area contributed by atoms with Crippen LogP contribution in [0.5, 0.6) is 0 Å². The molecule has 12 heavy (non-hydrogen) atoms. The van der Waals surface area contributed by atoms with Crippen LogP contribution in [0.25, 0.3) is 0 Å². The van der Waals surface area contributed by atoms with Gasteiger partial charge in [-0.1, -0.05) is 0 Å². The molecule has 0 amide bonds. The van der Waals surface area contributed by atoms with Gasteiger partial charge >= 0.3 is 93.1 Å². The maximum Gasteiger partial charge on any atom is 2.00 e. The van der Waals surface area contributed by atoms with Crippen molar-refractivity contribution in [1.82, 2.24) is 0 Å². The van der Waals surface area contributed by atoms with Crippen LogP contribution in [0, 0.1) is 20.8 Å². The van der Waals surface area contributed by atoms with Crippen molar-refractivity contribution in [3.8, 4) is 0 Å². The summed E-state index contributed by atoms with van der Waals surface area (Å²) in [5.41, 5.74) is 4.03. The first kappa shape index (κ1) is 15.3. The van der Waals surface area contributed by atoms with Crippen molar-refractivity contribution in [2.45, 2.75) is 20.8 Å². The van der Waals surface area contributed by atoms with E-state index in [1.807, 2.05) is 0 Å². The molecule has 0 aliphatic heterocycles. The summed E-state index contributed by atoms with van der Waals surface area (Å²) in [4.78, 5) is 0. The van der Waals surface area contributed by atoms with E-state index in [4.69, 9.17) is 0 Å². The molecule has 0 unspecified atom stereocenters. The van der Waals surface area contributed by atoms with E-state index in [0.29, 0.717) is 0 Å². The third kappa shape index (κ3) is 3.67. The van der Waals surface area contributed by atoms with Crippen LogP contribution in [0.4, 0.5) is 0 Å². The molecule has 62 valence electrons. The maximum atomic E-state index is 3.07. The molecular weight excluding hydrogens is 247 g/mol. The van der Waals surface area contributed by atoms with Gasteiger partial charge in [0.25, 0.3) is 0 Å². The Labute approximate surface area is 105 Å². The van der Waals surface area contributed by atoms with Crippen molar-refractivity contribution in [2.24, 2.45) is 0 Å². The first-order chi connectivity index (χ1) is 4.61. The second kappa shape index (κ2) is 6.28. The first-order valence-corrected chi connectivity index (χ1v) is 4.22. The Bertz CT molecular complexity index is 238. The van der Waals surface area contributed by atoms with Gasteiger partial charge in [0.05, 0.1) is 0 Å². The number of rotatable bonds is 0. The molecule has 0 nitrogen and oxygen atoms in total. The summed E-state index contributed by atoms with van der Waals surface area (Å²) in [5.74, 6) is 0. The molecule has 0 aliphatic rings. The molecular formula is C9H11ClMgSe. The summed E-state index contributed by atoms with van der Waals surface area (Å²) in [6.07, 6.45) is 0. The fourth-order valence-electron chi connectivity index (χ4n) is 1.17. The molecule has 0 spiro atoms. The Kier molecular flexibility index (Phi) is 7.99. The molecule has 0 atom stereocenters. The van der Waals surface area contributed by atoms with Crippen LogP contribution in [-0.4, -0.2) is 39.1 Å². The normalized spacial score (nSPS) is 8.25. The molecule has 0 radical (unpaired) electrons. The fraction of sp³-hybridized carbons (Fsp3) is 0.333. The van der Waals surface area contributed by atoms with Gasteiger partial charge in [-0.05, 0) is 0 Å². The van der Waals surface area contributed by atoms with Gasteiger partial charge in [0.2, 0.25) is 0 Å². The molecule has 0 saturated heterocycles. The quantitative estimate of drug-likeness (QED) is 0.473. The molecule has 0 aromatic heterocycles. The summed E-state index contributed by atoms with van der Waals surface area (Å²) in [7, 11) is 0. The summed E-state index contributed by atoms with van der Waals surface area (Å²) >= 11 is 3.07. The molecule has 0 saturated carbocycles. The van der Waals surface area contributed by atoms with Crippen LogP contribution < -0.4 is 16.9 Å². The van der Waals surface area contributed by atoms with Crippen LogP contribution in [0.1, 0.15) is 16.7 Å². The number of aryl methyl sites for hydroxylation is 3. The van der Waals surface area contributed by atoms with Crippen LogP contribution in [0.2, 0.25) is 0 Å². The van der Waals surface area contributed by atoms with Gasteiger partial charge in [-0.2, -0.15) is 0 Å². The Morgan fingerprint density at radius 3 is 1.67 bits per heavy atom. The average Bonchev–Trinajstić information content (AvgIpc) is 1.82. The molecule has 0 N–H and O–H groups in total. The second-order valence-corrected chi connectivity index (χ2v) is 3.58. The number of hydrogen-bond donors (Lipinski definition) is 0. The zero-order chi connectivity index (χ0) is 7.72. The molecule has 0 fully saturated rings. The average molecular weight is 258 g/mol. The van der Waals surface area contributed by atoms with E-state index >= 15 is 0 Å². The third-order valence-corrected chi connectivity index (χ3v) is 2.96. The summed E-state index contributed by atoms with van der Waals surface area (Å²) < 4.78 is 1.30. The SMILES string of the molecule is Cc1cc(C)c([Se-])c(C)c1.[Cl-].[Mg+2]. The van der Waals surface area contributed by atoms with E-state index in [9.17, 15) is 0 Å². The summed E-state index contributed by atoms with van der Waals surface area (Å²) in [5, 5.41) is 0. The monoisotopic (exact) mass is 258 g/mol. The van der Waals surface area contributed by atoms with Crippen LogP contribution in [0.15, 0.2) is 12.1 Å². The topological polar surface area (TPSA) is 0 Å². The zero-order valence-corrected chi connectivity index (χ0v) is 11.5. The Hall–Kier alpha value is 0.796. The van der Waals surface area contributed by atoms with Crippen LogP contribution in [-0.2, 0) is 0 Å². The van der Waals surface area contributed by atoms with Crippen LogP contribution in [0.3, 0.4) is 0 Å². The Balaban J connectivity index is 0. The van der Waals surface area contributed by atoms with E-state index in [0.717, 1.165) is 0 Å². The minimum atomic E-state index is 0. The number of hydrogen-bond acceptors (Lipinski definition) is 0. The van der Waals surface area contributed by atoms with E-state index < -0.39 is 0 Å². The zero-order valence-electron chi connectivity index (χ0n) is 7.65. The Morgan fingerprint density at radius 1 is 1.00 bits per heavy atom. The third-order valence-electron chi connectivity index (χ3n) is 1.60. The summed E-state index contributed by atoms with van der Waals surface area (Å²) in [6.45, 7) is 6.39. The maximum absolute atomic E-state index is 3.07. The van der Waals surface area contributed by atoms with Gasteiger partial charge in [0.15, 0.2) is 0 Å². The molecule has 0 aliphatic carbocycles. The molecule has 3 heteroatoms. The van der Waals surface area contributed by atoms with E-state index in [1.165, 1.54) is 21.2 Å². The van der Waals surface area contributed by atoms with Crippen molar-refractivity contribution in [3.63, 3.8) is 0 Å². The van der Waals surface area contributed by atoms with E-state index in [-0.39, 0.29) is 35.5 Å². The predicted molar refractivity (Wildman–Crippen MR) is 51.8 cm³/mol. The van der Waals surface area contributed by atoms with Gasteiger partial charge in [-0.15, -0.1) is 0 Å². The van der Waals surface area contributed by atoms with Crippen molar-refractivity contribution in [3.05, 3.63) is 28.8 Å². The molecule has 1 aromatic carbocycles. The second-order valence-electron chi connectivity index (χ2n) is 2.73. The van der Waals surface area contributed by atoms with Gasteiger partial charge < -0.3 is 12.4 Å². The smallest absolute Gasteiger partial charge is 1.00 e. The van der Waals surface area contributed by atoms with Gasteiger partial charge in [-0.3, -0.25) is 0 Å². The molecule has 0 bridgehead atoms. The molecule has 1 rings (SSSR count). The minimum absolute atomic E-state index is 0. The van der Waals surface area contributed by atoms with Gasteiger partial charge in [0.1, 0.15) is 0 Å². The van der Waals surface area contributed by atoms with Crippen molar-refractivity contribution >= 4 is 43.5 Å². The number of halogens is 1. The van der Waals surface area contributed by atoms with E-state index in [2.05, 4.69) is 48.9 Å². The van der Waals surface area contributed by atoms with Gasteiger partial charge in [-0.25, -0.2) is 0 Å². The first-order valence-electron chi connectivity index (χ1n) is 3.36. The predicted octanol–water partition coefficient (Wildman–Crippen LogP) is -1.97.